The Balaban J connectivity index is 1.49. The zero-order valence-electron chi connectivity index (χ0n) is 23.4. The highest BCUT2D eigenvalue weighted by molar-refractivity contribution is 6.45. The smallest absolute Gasteiger partial charge is 0.376 e. The molecule has 1 atom stereocenters. The topological polar surface area (TPSA) is 90.4 Å². The number of nitrogens with one attached hydrogen (secondary N) is 1. The lowest BCUT2D eigenvalue weighted by atomic mass is 9.81. The number of anilines is 3. The Hall–Kier alpha value is -3.83. The van der Waals surface area contributed by atoms with E-state index >= 15 is 4.39 Å². The molecule has 2 aromatic carbocycles. The van der Waals surface area contributed by atoms with Crippen molar-refractivity contribution >= 4 is 30.3 Å². The molecule has 2 amide bonds. The maximum Gasteiger partial charge on any atom is 0.376 e. The van der Waals surface area contributed by atoms with Gasteiger partial charge in [-0.15, -0.1) is 0 Å². The van der Waals surface area contributed by atoms with Gasteiger partial charge < -0.3 is 24.6 Å². The number of ether oxygens (including phenoxy) is 2. The molecule has 2 aliphatic heterocycles. The summed E-state index contributed by atoms with van der Waals surface area (Å²) in [7, 11) is 2.60. The van der Waals surface area contributed by atoms with Gasteiger partial charge in [-0.2, -0.15) is 0 Å². The lowest BCUT2D eigenvalue weighted by molar-refractivity contribution is 0.236. The van der Waals surface area contributed by atoms with E-state index in [4.69, 9.17) is 9.47 Å². The van der Waals surface area contributed by atoms with Crippen molar-refractivity contribution in [1.29, 1.82) is 0 Å². The summed E-state index contributed by atoms with van der Waals surface area (Å²) in [6, 6.07) is 11.9. The Morgan fingerprint density at radius 3 is 2.75 bits per heavy atom. The number of piperidine rings is 1. The zero-order valence-corrected chi connectivity index (χ0v) is 23.4. The molecule has 0 bridgehead atoms. The van der Waals surface area contributed by atoms with Gasteiger partial charge in [-0.05, 0) is 56.9 Å². The number of amides is 2. The average molecular weight is 547 g/mol. The summed E-state index contributed by atoms with van der Waals surface area (Å²) in [5, 5.41) is 13.6. The van der Waals surface area contributed by atoms with Crippen molar-refractivity contribution in [2.45, 2.75) is 45.7 Å². The van der Waals surface area contributed by atoms with E-state index in [0.29, 0.717) is 36.0 Å². The first-order valence-corrected chi connectivity index (χ1v) is 13.5. The summed E-state index contributed by atoms with van der Waals surface area (Å²) in [6.45, 7) is 5.47. The number of hydrogen-bond donors (Lipinski definition) is 2. The molecule has 1 saturated heterocycles. The molecule has 2 aliphatic rings. The Kier molecular flexibility index (Phi) is 8.13. The Morgan fingerprint density at radius 1 is 1.20 bits per heavy atom. The minimum absolute atomic E-state index is 0.193. The van der Waals surface area contributed by atoms with Crippen LogP contribution in [0.25, 0.3) is 0 Å². The molecule has 0 saturated carbocycles. The van der Waals surface area contributed by atoms with Gasteiger partial charge in [0.05, 0.1) is 38.2 Å². The normalized spacial score (nSPS) is 17.4. The van der Waals surface area contributed by atoms with Crippen LogP contribution in [0.4, 0.5) is 26.4 Å². The van der Waals surface area contributed by atoms with Crippen molar-refractivity contribution in [2.75, 3.05) is 42.4 Å². The van der Waals surface area contributed by atoms with Gasteiger partial charge in [0.15, 0.2) is 0 Å². The average Bonchev–Trinajstić information content (AvgIpc) is 2.96. The van der Waals surface area contributed by atoms with Crippen LogP contribution in [0.1, 0.15) is 29.5 Å². The standard InChI is InChI=1S/C29H35BFN5O4/c1-19-7-5-9-24(31)28(19)35-17-21-16-33-27(32-15-20-10-11-23(39-3)13-26(20)40-4)14-25(21)36(29(35)37)22-8-6-12-34(18-22)30(2)38/h5,7,9-11,13-14,16,22,38H,6,8,12,15,17-18H2,1-4H3,(H,32,33)/t22-/m1/s1. The molecule has 0 radical (unpaired) electrons. The van der Waals surface area contributed by atoms with E-state index in [1.54, 1.807) is 51.2 Å². The fraction of sp³-hybridized carbons (Fsp3) is 0.379. The monoisotopic (exact) mass is 547 g/mol. The molecule has 9 nitrogen and oxygen atoms in total. The van der Waals surface area contributed by atoms with E-state index < -0.39 is 12.9 Å². The van der Waals surface area contributed by atoms with Crippen molar-refractivity contribution < 1.29 is 23.7 Å². The van der Waals surface area contributed by atoms with E-state index in [1.807, 2.05) is 29.1 Å². The maximum absolute atomic E-state index is 15.1. The summed E-state index contributed by atoms with van der Waals surface area (Å²) >= 11 is 0. The van der Waals surface area contributed by atoms with Crippen molar-refractivity contribution in [2.24, 2.45) is 0 Å². The number of benzene rings is 2. The van der Waals surface area contributed by atoms with Crippen molar-refractivity contribution in [1.82, 2.24) is 9.79 Å². The predicted molar refractivity (Wildman–Crippen MR) is 155 cm³/mol. The quantitative estimate of drug-likeness (QED) is 0.396. The minimum atomic E-state index is -0.624. The number of pyridine rings is 1. The van der Waals surface area contributed by atoms with Crippen LogP contribution in [0, 0.1) is 12.7 Å². The molecule has 1 fully saturated rings. The summed E-state index contributed by atoms with van der Waals surface area (Å²) < 4.78 is 25.9. The molecule has 40 heavy (non-hydrogen) atoms. The number of para-hydroxylation sites is 1. The third kappa shape index (κ3) is 5.44. The van der Waals surface area contributed by atoms with Gasteiger partial charge in [-0.25, -0.2) is 14.2 Å². The highest BCUT2D eigenvalue weighted by Crippen LogP contribution is 2.38. The van der Waals surface area contributed by atoms with Gasteiger partial charge in [0.2, 0.25) is 0 Å². The van der Waals surface area contributed by atoms with E-state index in [-0.39, 0.29) is 24.3 Å². The minimum Gasteiger partial charge on any atom is -0.497 e. The first kappa shape index (κ1) is 27.7. The highest BCUT2D eigenvalue weighted by atomic mass is 19.1. The van der Waals surface area contributed by atoms with Crippen LogP contribution in [0.15, 0.2) is 48.7 Å². The van der Waals surface area contributed by atoms with E-state index in [9.17, 15) is 9.82 Å². The summed E-state index contributed by atoms with van der Waals surface area (Å²) in [5.41, 5.74) is 3.46. The Bertz CT molecular complexity index is 1370. The number of methoxy groups -OCH3 is 2. The first-order chi connectivity index (χ1) is 19.3. The van der Waals surface area contributed by atoms with Crippen LogP contribution >= 0.6 is 0 Å². The van der Waals surface area contributed by atoms with Crippen LogP contribution in [-0.4, -0.2) is 61.3 Å². The van der Waals surface area contributed by atoms with Gasteiger partial charge >= 0.3 is 13.1 Å². The van der Waals surface area contributed by atoms with E-state index in [0.717, 1.165) is 36.2 Å². The summed E-state index contributed by atoms with van der Waals surface area (Å²) in [5.74, 6) is 1.56. The number of halogens is 1. The van der Waals surface area contributed by atoms with E-state index in [2.05, 4.69) is 10.3 Å². The third-order valence-electron chi connectivity index (χ3n) is 7.72. The molecule has 0 aliphatic carbocycles. The van der Waals surface area contributed by atoms with Crippen LogP contribution < -0.4 is 24.6 Å². The SMILES string of the molecule is COc1ccc(CNc2cc3c(cn2)CN(c2c(C)cccc2F)C(=O)N3[C@@H]2CCCN(B(C)O)C2)c(OC)c1. The van der Waals surface area contributed by atoms with Crippen LogP contribution in [0.2, 0.25) is 6.82 Å². The van der Waals surface area contributed by atoms with E-state index in [1.165, 1.54) is 11.0 Å². The van der Waals surface area contributed by atoms with Gasteiger partial charge in [0.25, 0.3) is 0 Å². The predicted octanol–water partition coefficient (Wildman–Crippen LogP) is 4.68. The van der Waals surface area contributed by atoms with Crippen LogP contribution in [0.5, 0.6) is 11.5 Å². The zero-order chi connectivity index (χ0) is 28.4. The lowest BCUT2D eigenvalue weighted by Gasteiger charge is -2.45. The number of nitrogens with zero attached hydrogens (tertiary/aromatic N) is 4. The van der Waals surface area contributed by atoms with Crippen molar-refractivity contribution in [3.05, 3.63) is 71.2 Å². The van der Waals surface area contributed by atoms with Gasteiger partial charge in [-0.1, -0.05) is 12.1 Å². The summed E-state index contributed by atoms with van der Waals surface area (Å²) in [6.07, 6.45) is 3.36. The first-order valence-electron chi connectivity index (χ1n) is 13.5. The maximum atomic E-state index is 15.1. The molecule has 11 heteroatoms. The number of carbonyl (C=O) groups is 1. The fourth-order valence-electron chi connectivity index (χ4n) is 5.60. The number of aryl methyl sites for hydroxylation is 1. The number of carbonyl (C=O) groups excluding carboxylic acids is 1. The van der Waals surface area contributed by atoms with Gasteiger partial charge in [0.1, 0.15) is 23.1 Å². The molecule has 210 valence electrons. The second-order valence-electron chi connectivity index (χ2n) is 10.3. The number of aromatic nitrogens is 1. The number of urea groups is 1. The molecule has 1 aromatic heterocycles. The lowest BCUT2D eigenvalue weighted by Crippen LogP contribution is -2.58. The molecule has 2 N–H and O–H groups in total. The molecule has 0 unspecified atom stereocenters. The van der Waals surface area contributed by atoms with Crippen LogP contribution in [-0.2, 0) is 13.1 Å². The second-order valence-corrected chi connectivity index (χ2v) is 10.3. The molecular formula is C29H35BFN5O4. The fourth-order valence-corrected chi connectivity index (χ4v) is 5.60. The van der Waals surface area contributed by atoms with Gasteiger partial charge in [0, 0.05) is 42.5 Å². The third-order valence-corrected chi connectivity index (χ3v) is 7.72. The highest BCUT2D eigenvalue weighted by Gasteiger charge is 2.40. The molecular weight excluding hydrogens is 512 g/mol. The Morgan fingerprint density at radius 2 is 2.02 bits per heavy atom. The van der Waals surface area contributed by atoms with Crippen molar-refractivity contribution in [3.8, 4) is 11.5 Å². The molecule has 3 heterocycles. The number of fused-ring (bicyclic) bond motifs is 1. The van der Waals surface area contributed by atoms with Crippen LogP contribution in [0.3, 0.4) is 0 Å². The number of hydrogen-bond acceptors (Lipinski definition) is 7. The summed E-state index contributed by atoms with van der Waals surface area (Å²) in [4.78, 5) is 24.0. The largest absolute Gasteiger partial charge is 0.497 e. The van der Waals surface area contributed by atoms with Crippen molar-refractivity contribution in [3.63, 3.8) is 0 Å². The van der Waals surface area contributed by atoms with Gasteiger partial charge in [-0.3, -0.25) is 9.80 Å². The Labute approximate surface area is 234 Å². The molecule has 3 aromatic rings. The number of rotatable bonds is 8. The molecule has 5 rings (SSSR count). The molecule has 0 spiro atoms. The second kappa shape index (κ2) is 11.7.